The van der Waals surface area contributed by atoms with Crippen LogP contribution in [0.4, 0.5) is 0 Å². The van der Waals surface area contributed by atoms with E-state index in [4.69, 9.17) is 4.74 Å². The SMILES string of the molecule is COCCNCC1(Cc2cccc(Br)c2)CCCCC1. The Bertz CT molecular complexity index is 402. The van der Waals surface area contributed by atoms with Gasteiger partial charge in [-0.25, -0.2) is 0 Å². The molecule has 0 unspecified atom stereocenters. The molecular formula is C17H26BrNO. The lowest BCUT2D eigenvalue weighted by atomic mass is 9.70. The third-order valence-corrected chi connectivity index (χ3v) is 4.86. The first kappa shape index (κ1) is 16.0. The molecule has 1 fully saturated rings. The minimum atomic E-state index is 0.437. The van der Waals surface area contributed by atoms with Crippen molar-refractivity contribution in [2.75, 3.05) is 26.8 Å². The largest absolute Gasteiger partial charge is 0.383 e. The number of methoxy groups -OCH3 is 1. The molecule has 1 aliphatic carbocycles. The molecule has 0 heterocycles. The average molecular weight is 340 g/mol. The van der Waals surface area contributed by atoms with Crippen molar-refractivity contribution in [3.8, 4) is 0 Å². The molecule has 0 bridgehead atoms. The van der Waals surface area contributed by atoms with Gasteiger partial charge in [-0.3, -0.25) is 0 Å². The number of ether oxygens (including phenoxy) is 1. The molecule has 1 N–H and O–H groups in total. The van der Waals surface area contributed by atoms with Crippen LogP contribution >= 0.6 is 15.9 Å². The van der Waals surface area contributed by atoms with Gasteiger partial charge in [-0.1, -0.05) is 47.3 Å². The molecule has 0 radical (unpaired) electrons. The predicted molar refractivity (Wildman–Crippen MR) is 88.1 cm³/mol. The van der Waals surface area contributed by atoms with E-state index in [1.54, 1.807) is 7.11 Å². The van der Waals surface area contributed by atoms with E-state index >= 15 is 0 Å². The van der Waals surface area contributed by atoms with E-state index in [9.17, 15) is 0 Å². The van der Waals surface area contributed by atoms with E-state index in [0.29, 0.717) is 5.41 Å². The standard InChI is InChI=1S/C17H26BrNO/c1-20-11-10-19-14-17(8-3-2-4-9-17)13-15-6-5-7-16(18)12-15/h5-7,12,19H,2-4,8-11,13-14H2,1H3. The monoisotopic (exact) mass is 339 g/mol. The Labute approximate surface area is 131 Å². The summed E-state index contributed by atoms with van der Waals surface area (Å²) in [6, 6.07) is 8.78. The Balaban J connectivity index is 1.98. The zero-order valence-corrected chi connectivity index (χ0v) is 14.0. The van der Waals surface area contributed by atoms with Crippen LogP contribution in [-0.4, -0.2) is 26.8 Å². The van der Waals surface area contributed by atoms with Gasteiger partial charge < -0.3 is 10.1 Å². The lowest BCUT2D eigenvalue weighted by molar-refractivity contribution is 0.162. The molecule has 0 aromatic heterocycles. The van der Waals surface area contributed by atoms with E-state index in [1.807, 2.05) is 0 Å². The highest BCUT2D eigenvalue weighted by Gasteiger charge is 2.31. The van der Waals surface area contributed by atoms with Gasteiger partial charge in [0.05, 0.1) is 6.61 Å². The molecule has 3 heteroatoms. The highest BCUT2D eigenvalue weighted by atomic mass is 79.9. The average Bonchev–Trinajstić information content (AvgIpc) is 2.45. The first-order chi connectivity index (χ1) is 9.74. The second-order valence-corrected chi connectivity index (χ2v) is 6.95. The number of benzene rings is 1. The Morgan fingerprint density at radius 1 is 1.25 bits per heavy atom. The molecular weight excluding hydrogens is 314 g/mol. The van der Waals surface area contributed by atoms with Crippen LogP contribution in [0.15, 0.2) is 28.7 Å². The Morgan fingerprint density at radius 3 is 2.75 bits per heavy atom. The van der Waals surface area contributed by atoms with Crippen LogP contribution in [-0.2, 0) is 11.2 Å². The van der Waals surface area contributed by atoms with Gasteiger partial charge in [-0.2, -0.15) is 0 Å². The van der Waals surface area contributed by atoms with Gasteiger partial charge in [0.1, 0.15) is 0 Å². The van der Waals surface area contributed by atoms with Crippen LogP contribution in [0.3, 0.4) is 0 Å². The van der Waals surface area contributed by atoms with Crippen LogP contribution in [0, 0.1) is 5.41 Å². The maximum Gasteiger partial charge on any atom is 0.0587 e. The van der Waals surface area contributed by atoms with Crippen LogP contribution in [0.2, 0.25) is 0 Å². The zero-order valence-electron chi connectivity index (χ0n) is 12.5. The van der Waals surface area contributed by atoms with Gasteiger partial charge in [-0.05, 0) is 42.4 Å². The van der Waals surface area contributed by atoms with Crippen LogP contribution < -0.4 is 5.32 Å². The molecule has 20 heavy (non-hydrogen) atoms. The highest BCUT2D eigenvalue weighted by molar-refractivity contribution is 9.10. The minimum Gasteiger partial charge on any atom is -0.383 e. The number of rotatable bonds is 7. The van der Waals surface area contributed by atoms with Gasteiger partial charge in [0.2, 0.25) is 0 Å². The normalized spacial score (nSPS) is 18.1. The number of hydrogen-bond donors (Lipinski definition) is 1. The van der Waals surface area contributed by atoms with Gasteiger partial charge in [0.25, 0.3) is 0 Å². The Kier molecular flexibility index (Phi) is 6.53. The summed E-state index contributed by atoms with van der Waals surface area (Å²) in [6.45, 7) is 2.87. The maximum atomic E-state index is 5.13. The van der Waals surface area contributed by atoms with E-state index < -0.39 is 0 Å². The fourth-order valence-electron chi connectivity index (χ4n) is 3.33. The first-order valence-electron chi connectivity index (χ1n) is 7.68. The third kappa shape index (κ3) is 4.87. The molecule has 1 aliphatic rings. The first-order valence-corrected chi connectivity index (χ1v) is 8.48. The topological polar surface area (TPSA) is 21.3 Å². The van der Waals surface area contributed by atoms with Crippen LogP contribution in [0.1, 0.15) is 37.7 Å². The fourth-order valence-corrected chi connectivity index (χ4v) is 3.77. The summed E-state index contributed by atoms with van der Waals surface area (Å²) in [5.41, 5.74) is 1.89. The van der Waals surface area contributed by atoms with Crippen molar-refractivity contribution in [2.45, 2.75) is 38.5 Å². The number of halogens is 1. The second kappa shape index (κ2) is 8.16. The summed E-state index contributed by atoms with van der Waals surface area (Å²) in [6.07, 6.45) is 8.03. The third-order valence-electron chi connectivity index (χ3n) is 4.37. The highest BCUT2D eigenvalue weighted by Crippen LogP contribution is 2.39. The molecule has 0 spiro atoms. The zero-order chi connectivity index (χ0) is 14.3. The fraction of sp³-hybridized carbons (Fsp3) is 0.647. The summed E-state index contributed by atoms with van der Waals surface area (Å²) in [7, 11) is 1.76. The number of nitrogens with one attached hydrogen (secondary N) is 1. The second-order valence-electron chi connectivity index (χ2n) is 6.04. The van der Waals surface area contributed by atoms with E-state index in [-0.39, 0.29) is 0 Å². The summed E-state index contributed by atoms with van der Waals surface area (Å²) >= 11 is 3.59. The van der Waals surface area contributed by atoms with Gasteiger partial charge in [0, 0.05) is 24.7 Å². The smallest absolute Gasteiger partial charge is 0.0587 e. The van der Waals surface area contributed by atoms with Crippen molar-refractivity contribution in [2.24, 2.45) is 5.41 Å². The van der Waals surface area contributed by atoms with Crippen LogP contribution in [0.25, 0.3) is 0 Å². The lowest BCUT2D eigenvalue weighted by Crippen LogP contribution is -2.39. The Morgan fingerprint density at radius 2 is 2.05 bits per heavy atom. The van der Waals surface area contributed by atoms with Gasteiger partial charge in [0.15, 0.2) is 0 Å². The summed E-state index contributed by atoms with van der Waals surface area (Å²) in [5, 5.41) is 3.60. The van der Waals surface area contributed by atoms with Crippen molar-refractivity contribution in [3.05, 3.63) is 34.3 Å². The van der Waals surface area contributed by atoms with Crippen molar-refractivity contribution in [1.82, 2.24) is 5.32 Å². The Hall–Kier alpha value is -0.380. The quantitative estimate of drug-likeness (QED) is 0.752. The number of hydrogen-bond acceptors (Lipinski definition) is 2. The minimum absolute atomic E-state index is 0.437. The molecule has 1 saturated carbocycles. The molecule has 2 rings (SSSR count). The molecule has 0 saturated heterocycles. The van der Waals surface area contributed by atoms with Crippen molar-refractivity contribution >= 4 is 15.9 Å². The van der Waals surface area contributed by atoms with Crippen molar-refractivity contribution < 1.29 is 4.74 Å². The van der Waals surface area contributed by atoms with Crippen molar-refractivity contribution in [1.29, 1.82) is 0 Å². The summed E-state index contributed by atoms with van der Waals surface area (Å²) < 4.78 is 6.32. The summed E-state index contributed by atoms with van der Waals surface area (Å²) in [4.78, 5) is 0. The molecule has 1 aromatic carbocycles. The summed E-state index contributed by atoms with van der Waals surface area (Å²) in [5.74, 6) is 0. The van der Waals surface area contributed by atoms with E-state index in [2.05, 4.69) is 45.5 Å². The maximum absolute atomic E-state index is 5.13. The van der Waals surface area contributed by atoms with Gasteiger partial charge >= 0.3 is 0 Å². The van der Waals surface area contributed by atoms with E-state index in [1.165, 1.54) is 48.6 Å². The molecule has 0 aliphatic heterocycles. The van der Waals surface area contributed by atoms with Crippen LogP contribution in [0.5, 0.6) is 0 Å². The molecule has 0 atom stereocenters. The lowest BCUT2D eigenvalue weighted by Gasteiger charge is -2.38. The van der Waals surface area contributed by atoms with E-state index in [0.717, 1.165) is 19.7 Å². The van der Waals surface area contributed by atoms with Crippen molar-refractivity contribution in [3.63, 3.8) is 0 Å². The molecule has 1 aromatic rings. The molecule has 0 amide bonds. The predicted octanol–water partition coefficient (Wildman–Crippen LogP) is 4.18. The molecule has 2 nitrogen and oxygen atoms in total. The molecule has 112 valence electrons. The van der Waals surface area contributed by atoms with Gasteiger partial charge in [-0.15, -0.1) is 0 Å².